The van der Waals surface area contributed by atoms with Gasteiger partial charge < -0.3 is 5.32 Å². The van der Waals surface area contributed by atoms with E-state index < -0.39 is 0 Å². The summed E-state index contributed by atoms with van der Waals surface area (Å²) in [5.74, 6) is 0. The van der Waals surface area contributed by atoms with Gasteiger partial charge in [-0.3, -0.25) is 0 Å². The predicted molar refractivity (Wildman–Crippen MR) is 71.5 cm³/mol. The van der Waals surface area contributed by atoms with Crippen LogP contribution in [-0.4, -0.2) is 4.98 Å². The van der Waals surface area contributed by atoms with Gasteiger partial charge in [0, 0.05) is 28.6 Å². The van der Waals surface area contributed by atoms with Crippen LogP contribution in [0.1, 0.15) is 15.4 Å². The van der Waals surface area contributed by atoms with Gasteiger partial charge in [0.1, 0.15) is 0 Å². The second-order valence-corrected chi connectivity index (χ2v) is 5.81. The average Bonchev–Trinajstić information content (AvgIpc) is 2.67. The summed E-state index contributed by atoms with van der Waals surface area (Å²) in [7, 11) is 0. The summed E-state index contributed by atoms with van der Waals surface area (Å²) in [5.41, 5.74) is 1.30. The van der Waals surface area contributed by atoms with Crippen molar-refractivity contribution in [2.24, 2.45) is 0 Å². The van der Waals surface area contributed by atoms with E-state index in [1.807, 2.05) is 13.1 Å². The molecular formula is C12H13BrN2S. The predicted octanol–water partition coefficient (Wildman–Crippen LogP) is 3.50. The molecule has 0 aliphatic carbocycles. The molecule has 2 rings (SSSR count). The number of aromatic nitrogens is 1. The van der Waals surface area contributed by atoms with E-state index in [9.17, 15) is 0 Å². The lowest BCUT2D eigenvalue weighted by Crippen LogP contribution is -2.11. The number of halogens is 1. The fourth-order valence-electron chi connectivity index (χ4n) is 1.42. The molecule has 1 heterocycles. The van der Waals surface area contributed by atoms with Gasteiger partial charge in [-0.15, -0.1) is 11.3 Å². The first-order chi connectivity index (χ1) is 7.74. The van der Waals surface area contributed by atoms with E-state index in [1.165, 1.54) is 10.4 Å². The van der Waals surface area contributed by atoms with Crippen LogP contribution in [0, 0.1) is 6.92 Å². The maximum Gasteiger partial charge on any atom is 0.0897 e. The van der Waals surface area contributed by atoms with Gasteiger partial charge in [-0.25, -0.2) is 4.98 Å². The molecule has 16 heavy (non-hydrogen) atoms. The second kappa shape index (κ2) is 5.57. The maximum atomic E-state index is 4.23. The zero-order valence-corrected chi connectivity index (χ0v) is 11.4. The van der Waals surface area contributed by atoms with Crippen LogP contribution in [0.15, 0.2) is 34.9 Å². The summed E-state index contributed by atoms with van der Waals surface area (Å²) in [6, 6.07) is 8.37. The fourth-order valence-corrected chi connectivity index (χ4v) is 2.45. The normalized spacial score (nSPS) is 10.6. The van der Waals surface area contributed by atoms with Gasteiger partial charge in [0.2, 0.25) is 0 Å². The minimum Gasteiger partial charge on any atom is -0.308 e. The number of hydrogen-bond acceptors (Lipinski definition) is 3. The number of hydrogen-bond donors (Lipinski definition) is 1. The van der Waals surface area contributed by atoms with E-state index in [4.69, 9.17) is 0 Å². The average molecular weight is 297 g/mol. The Labute approximate surface area is 108 Å². The fraction of sp³-hybridized carbons (Fsp3) is 0.250. The summed E-state index contributed by atoms with van der Waals surface area (Å²) >= 11 is 5.17. The first kappa shape index (κ1) is 11.8. The third kappa shape index (κ3) is 3.40. The van der Waals surface area contributed by atoms with E-state index in [1.54, 1.807) is 11.3 Å². The highest BCUT2D eigenvalue weighted by Gasteiger charge is 1.97. The minimum atomic E-state index is 0.890. The Hall–Kier alpha value is -0.710. The molecular weight excluding hydrogens is 284 g/mol. The van der Waals surface area contributed by atoms with Crippen molar-refractivity contribution >= 4 is 27.3 Å². The molecule has 0 atom stereocenters. The van der Waals surface area contributed by atoms with E-state index in [0.29, 0.717) is 0 Å². The molecule has 0 amide bonds. The maximum absolute atomic E-state index is 4.23. The number of rotatable bonds is 4. The zero-order valence-electron chi connectivity index (χ0n) is 9.03. The highest BCUT2D eigenvalue weighted by atomic mass is 79.9. The third-order valence-electron chi connectivity index (χ3n) is 2.21. The van der Waals surface area contributed by atoms with Gasteiger partial charge in [0.25, 0.3) is 0 Å². The highest BCUT2D eigenvalue weighted by molar-refractivity contribution is 9.10. The van der Waals surface area contributed by atoms with E-state index in [-0.39, 0.29) is 0 Å². The van der Waals surface area contributed by atoms with E-state index >= 15 is 0 Å². The van der Waals surface area contributed by atoms with Crippen LogP contribution in [0.2, 0.25) is 0 Å². The number of aryl methyl sites for hydroxylation is 1. The van der Waals surface area contributed by atoms with Crippen LogP contribution in [0.4, 0.5) is 0 Å². The molecule has 0 aliphatic heterocycles. The van der Waals surface area contributed by atoms with Crippen LogP contribution in [0.3, 0.4) is 0 Å². The first-order valence-corrected chi connectivity index (χ1v) is 6.71. The van der Waals surface area contributed by atoms with Crippen LogP contribution < -0.4 is 5.32 Å². The van der Waals surface area contributed by atoms with Crippen molar-refractivity contribution in [3.05, 3.63) is 50.4 Å². The highest BCUT2D eigenvalue weighted by Crippen LogP contribution is 2.12. The summed E-state index contributed by atoms with van der Waals surface area (Å²) in [5, 5.41) is 4.53. The standard InChI is InChI=1S/C12H13BrN2S/c1-9-15-8-12(16-9)7-14-6-10-2-4-11(13)5-3-10/h2-5,8,14H,6-7H2,1H3. The van der Waals surface area contributed by atoms with Gasteiger partial charge in [-0.1, -0.05) is 28.1 Å². The Morgan fingerprint density at radius 3 is 2.62 bits per heavy atom. The van der Waals surface area contributed by atoms with Crippen molar-refractivity contribution < 1.29 is 0 Å². The molecule has 4 heteroatoms. The molecule has 0 bridgehead atoms. The van der Waals surface area contributed by atoms with Gasteiger partial charge in [-0.2, -0.15) is 0 Å². The van der Waals surface area contributed by atoms with E-state index in [2.05, 4.69) is 50.5 Å². The lowest BCUT2D eigenvalue weighted by Gasteiger charge is -2.03. The zero-order chi connectivity index (χ0) is 11.4. The van der Waals surface area contributed by atoms with Crippen molar-refractivity contribution in [2.75, 3.05) is 0 Å². The lowest BCUT2D eigenvalue weighted by molar-refractivity contribution is 0.700. The lowest BCUT2D eigenvalue weighted by atomic mass is 10.2. The quantitative estimate of drug-likeness (QED) is 0.934. The van der Waals surface area contributed by atoms with Gasteiger partial charge in [-0.05, 0) is 24.6 Å². The molecule has 0 aliphatic rings. The molecule has 2 aromatic rings. The second-order valence-electron chi connectivity index (χ2n) is 3.58. The van der Waals surface area contributed by atoms with Crippen molar-refractivity contribution in [1.82, 2.24) is 10.3 Å². The van der Waals surface area contributed by atoms with Gasteiger partial charge in [0.05, 0.1) is 5.01 Å². The summed E-state index contributed by atoms with van der Waals surface area (Å²) < 4.78 is 1.12. The molecule has 2 nitrogen and oxygen atoms in total. The monoisotopic (exact) mass is 296 g/mol. The molecule has 1 N–H and O–H groups in total. The van der Waals surface area contributed by atoms with Crippen LogP contribution in [0.25, 0.3) is 0 Å². The van der Waals surface area contributed by atoms with Crippen molar-refractivity contribution in [3.8, 4) is 0 Å². The van der Waals surface area contributed by atoms with Crippen LogP contribution in [-0.2, 0) is 13.1 Å². The molecule has 1 aromatic carbocycles. The largest absolute Gasteiger partial charge is 0.308 e. The molecule has 84 valence electrons. The molecule has 0 spiro atoms. The van der Waals surface area contributed by atoms with Crippen molar-refractivity contribution in [1.29, 1.82) is 0 Å². The molecule has 0 radical (unpaired) electrons. The van der Waals surface area contributed by atoms with Crippen molar-refractivity contribution in [3.63, 3.8) is 0 Å². The Bertz CT molecular complexity index is 450. The summed E-state index contributed by atoms with van der Waals surface area (Å²) in [6.45, 7) is 3.81. The van der Waals surface area contributed by atoms with Crippen molar-refractivity contribution in [2.45, 2.75) is 20.0 Å². The Kier molecular flexibility index (Phi) is 4.09. The molecule has 0 unspecified atom stereocenters. The van der Waals surface area contributed by atoms with Gasteiger partial charge in [0.15, 0.2) is 0 Å². The van der Waals surface area contributed by atoms with Crippen LogP contribution >= 0.6 is 27.3 Å². The molecule has 0 fully saturated rings. The molecule has 1 aromatic heterocycles. The number of thiazole rings is 1. The third-order valence-corrected chi connectivity index (χ3v) is 3.65. The minimum absolute atomic E-state index is 0.890. The first-order valence-electron chi connectivity index (χ1n) is 5.10. The van der Waals surface area contributed by atoms with Gasteiger partial charge >= 0.3 is 0 Å². The summed E-state index contributed by atoms with van der Waals surface area (Å²) in [4.78, 5) is 5.51. The Morgan fingerprint density at radius 1 is 1.25 bits per heavy atom. The summed E-state index contributed by atoms with van der Waals surface area (Å²) in [6.07, 6.45) is 1.94. The number of benzene rings is 1. The number of nitrogens with zero attached hydrogens (tertiary/aromatic N) is 1. The Balaban J connectivity index is 1.82. The molecule has 0 saturated carbocycles. The smallest absolute Gasteiger partial charge is 0.0897 e. The van der Waals surface area contributed by atoms with Crippen LogP contribution in [0.5, 0.6) is 0 Å². The van der Waals surface area contributed by atoms with E-state index in [0.717, 1.165) is 22.6 Å². The molecule has 0 saturated heterocycles. The Morgan fingerprint density at radius 2 is 2.00 bits per heavy atom. The number of nitrogens with one attached hydrogen (secondary N) is 1. The SMILES string of the molecule is Cc1ncc(CNCc2ccc(Br)cc2)s1. The topological polar surface area (TPSA) is 24.9 Å².